The summed E-state index contributed by atoms with van der Waals surface area (Å²) in [6, 6.07) is 5.90. The van der Waals surface area contributed by atoms with Gasteiger partial charge in [-0.15, -0.1) is 0 Å². The molecular weight excluding hydrogens is 245 g/mol. The maximum absolute atomic E-state index is 13.5. The highest BCUT2D eigenvalue weighted by molar-refractivity contribution is 5.97. The highest BCUT2D eigenvalue weighted by Gasteiger charge is 2.25. The summed E-state index contributed by atoms with van der Waals surface area (Å²) < 4.78 is 18.8. The monoisotopic (exact) mass is 263 g/mol. The zero-order chi connectivity index (χ0) is 14.2. The van der Waals surface area contributed by atoms with Crippen molar-refractivity contribution in [3.63, 3.8) is 0 Å². The van der Waals surface area contributed by atoms with Gasteiger partial charge in [0.1, 0.15) is 0 Å². The summed E-state index contributed by atoms with van der Waals surface area (Å²) >= 11 is 0. The van der Waals surface area contributed by atoms with Crippen molar-refractivity contribution in [1.82, 2.24) is 0 Å². The highest BCUT2D eigenvalue weighted by atomic mass is 19.1. The van der Waals surface area contributed by atoms with Crippen molar-refractivity contribution in [2.75, 3.05) is 0 Å². The topological polar surface area (TPSA) is 56.2 Å². The summed E-state index contributed by atoms with van der Waals surface area (Å²) in [6.45, 7) is 5.93. The Balaban J connectivity index is 2.25. The van der Waals surface area contributed by atoms with Gasteiger partial charge in [-0.1, -0.05) is 32.9 Å². The standard InChI is InChI=1S/C15H18FNO2/c1-15(2,3)13(17)8-11(18)12-7-9-5-4-6-10(16)14(9)19-12/h4-7,13H,8,17H2,1-3H3. The van der Waals surface area contributed by atoms with Crippen molar-refractivity contribution < 1.29 is 13.6 Å². The lowest BCUT2D eigenvalue weighted by molar-refractivity contribution is 0.0928. The van der Waals surface area contributed by atoms with E-state index in [4.69, 9.17) is 10.2 Å². The van der Waals surface area contributed by atoms with Crippen LogP contribution in [0.3, 0.4) is 0 Å². The van der Waals surface area contributed by atoms with Gasteiger partial charge in [-0.25, -0.2) is 4.39 Å². The average Bonchev–Trinajstić information content (AvgIpc) is 2.73. The molecule has 0 aliphatic carbocycles. The van der Waals surface area contributed by atoms with Crippen LogP contribution in [-0.2, 0) is 0 Å². The fraction of sp³-hybridized carbons (Fsp3) is 0.400. The SMILES string of the molecule is CC(C)(C)C(N)CC(=O)c1cc2cccc(F)c2o1. The van der Waals surface area contributed by atoms with E-state index in [1.165, 1.54) is 6.07 Å². The van der Waals surface area contributed by atoms with Gasteiger partial charge in [0.05, 0.1) is 0 Å². The van der Waals surface area contributed by atoms with Crippen LogP contribution < -0.4 is 5.73 Å². The molecule has 0 aliphatic heterocycles. The minimum atomic E-state index is -0.461. The van der Waals surface area contributed by atoms with E-state index >= 15 is 0 Å². The Kier molecular flexibility index (Phi) is 3.45. The second kappa shape index (κ2) is 4.78. The number of ketones is 1. The Morgan fingerprint density at radius 1 is 1.42 bits per heavy atom. The van der Waals surface area contributed by atoms with Gasteiger partial charge in [0.25, 0.3) is 0 Å². The summed E-state index contributed by atoms with van der Waals surface area (Å²) in [4.78, 5) is 12.1. The van der Waals surface area contributed by atoms with Crippen molar-refractivity contribution >= 4 is 16.8 Å². The molecule has 1 heterocycles. The summed E-state index contributed by atoms with van der Waals surface area (Å²) in [6.07, 6.45) is 0.185. The summed E-state index contributed by atoms with van der Waals surface area (Å²) in [5.41, 5.74) is 5.94. The van der Waals surface area contributed by atoms with E-state index in [0.717, 1.165) is 0 Å². The summed E-state index contributed by atoms with van der Waals surface area (Å²) in [5.74, 6) is -0.491. The van der Waals surface area contributed by atoms with Gasteiger partial charge in [0.2, 0.25) is 0 Å². The van der Waals surface area contributed by atoms with Crippen LogP contribution in [0, 0.1) is 11.2 Å². The van der Waals surface area contributed by atoms with Gasteiger partial charge in [0, 0.05) is 17.8 Å². The molecule has 0 amide bonds. The zero-order valence-electron chi connectivity index (χ0n) is 11.4. The van der Waals surface area contributed by atoms with Gasteiger partial charge in [-0.2, -0.15) is 0 Å². The Bertz CT molecular complexity index is 610. The van der Waals surface area contributed by atoms with Crippen molar-refractivity contribution in [2.45, 2.75) is 33.2 Å². The molecule has 0 fully saturated rings. The quantitative estimate of drug-likeness (QED) is 0.862. The van der Waals surface area contributed by atoms with Crippen LogP contribution in [0.1, 0.15) is 37.7 Å². The Morgan fingerprint density at radius 3 is 2.68 bits per heavy atom. The summed E-state index contributed by atoms with van der Waals surface area (Å²) in [7, 11) is 0. The molecule has 4 heteroatoms. The Labute approximate surface area is 111 Å². The molecule has 1 aromatic heterocycles. The Morgan fingerprint density at radius 2 is 2.11 bits per heavy atom. The summed E-state index contributed by atoms with van der Waals surface area (Å²) in [5, 5.41) is 0.590. The van der Waals surface area contributed by atoms with Crippen LogP contribution in [-0.4, -0.2) is 11.8 Å². The fourth-order valence-electron chi connectivity index (χ4n) is 1.77. The second-order valence-corrected chi connectivity index (χ2v) is 5.87. The number of fused-ring (bicyclic) bond motifs is 1. The second-order valence-electron chi connectivity index (χ2n) is 5.87. The number of furan rings is 1. The third kappa shape index (κ3) is 2.84. The van der Waals surface area contributed by atoms with Crippen molar-refractivity contribution in [3.05, 3.63) is 35.8 Å². The lowest BCUT2D eigenvalue weighted by atomic mass is 9.84. The molecule has 3 nitrogen and oxygen atoms in total. The van der Waals surface area contributed by atoms with E-state index in [2.05, 4.69) is 0 Å². The molecule has 0 spiro atoms. The van der Waals surface area contributed by atoms with Crippen LogP contribution in [0.25, 0.3) is 11.0 Å². The number of hydrogen-bond donors (Lipinski definition) is 1. The first-order valence-electron chi connectivity index (χ1n) is 6.26. The first kappa shape index (κ1) is 13.7. The molecule has 102 valence electrons. The maximum atomic E-state index is 13.5. The molecule has 2 rings (SSSR count). The van der Waals surface area contributed by atoms with Gasteiger partial charge < -0.3 is 10.2 Å². The first-order chi connectivity index (χ1) is 8.79. The van der Waals surface area contributed by atoms with Crippen molar-refractivity contribution in [2.24, 2.45) is 11.1 Å². The number of hydrogen-bond acceptors (Lipinski definition) is 3. The molecule has 1 atom stereocenters. The van der Waals surface area contributed by atoms with Crippen LogP contribution in [0.2, 0.25) is 0 Å². The molecular formula is C15H18FNO2. The lowest BCUT2D eigenvalue weighted by Crippen LogP contribution is -2.36. The molecule has 0 aliphatic rings. The Hall–Kier alpha value is -1.68. The van der Waals surface area contributed by atoms with Crippen molar-refractivity contribution in [3.8, 4) is 0 Å². The molecule has 0 saturated heterocycles. The predicted molar refractivity (Wildman–Crippen MR) is 72.5 cm³/mol. The van der Waals surface area contributed by atoms with Gasteiger partial charge in [0.15, 0.2) is 22.9 Å². The van der Waals surface area contributed by atoms with E-state index in [9.17, 15) is 9.18 Å². The van der Waals surface area contributed by atoms with E-state index in [-0.39, 0.29) is 35.0 Å². The number of benzene rings is 1. The maximum Gasteiger partial charge on any atom is 0.199 e. The molecule has 0 bridgehead atoms. The number of nitrogens with two attached hydrogens (primary N) is 1. The van der Waals surface area contributed by atoms with Crippen LogP contribution >= 0.6 is 0 Å². The number of Topliss-reactive ketones (excluding diaryl/α,β-unsaturated/α-hetero) is 1. The molecule has 19 heavy (non-hydrogen) atoms. The normalized spacial score (nSPS) is 13.7. The first-order valence-corrected chi connectivity index (χ1v) is 6.26. The number of carbonyl (C=O) groups is 1. The number of rotatable bonds is 3. The smallest absolute Gasteiger partial charge is 0.199 e. The van der Waals surface area contributed by atoms with Crippen LogP contribution in [0.15, 0.2) is 28.7 Å². The molecule has 0 radical (unpaired) electrons. The van der Waals surface area contributed by atoms with Gasteiger partial charge >= 0.3 is 0 Å². The number of para-hydroxylation sites is 1. The van der Waals surface area contributed by atoms with E-state index in [1.807, 2.05) is 20.8 Å². The van der Waals surface area contributed by atoms with Crippen LogP contribution in [0.5, 0.6) is 0 Å². The van der Waals surface area contributed by atoms with E-state index < -0.39 is 5.82 Å². The minimum absolute atomic E-state index is 0.121. The molecule has 2 aromatic rings. The third-order valence-electron chi connectivity index (χ3n) is 3.29. The van der Waals surface area contributed by atoms with Crippen molar-refractivity contribution in [1.29, 1.82) is 0 Å². The molecule has 2 N–H and O–H groups in total. The minimum Gasteiger partial charge on any atom is -0.450 e. The van der Waals surface area contributed by atoms with Gasteiger partial charge in [-0.05, 0) is 17.5 Å². The molecule has 1 unspecified atom stereocenters. The number of halogens is 1. The van der Waals surface area contributed by atoms with Crippen LogP contribution in [0.4, 0.5) is 4.39 Å². The highest BCUT2D eigenvalue weighted by Crippen LogP contribution is 2.25. The third-order valence-corrected chi connectivity index (χ3v) is 3.29. The largest absolute Gasteiger partial charge is 0.450 e. The average molecular weight is 263 g/mol. The zero-order valence-corrected chi connectivity index (χ0v) is 11.4. The van der Waals surface area contributed by atoms with Gasteiger partial charge in [-0.3, -0.25) is 4.79 Å². The van der Waals surface area contributed by atoms with E-state index in [1.54, 1.807) is 18.2 Å². The molecule has 1 aromatic carbocycles. The number of carbonyl (C=O) groups excluding carboxylic acids is 1. The lowest BCUT2D eigenvalue weighted by Gasteiger charge is -2.25. The predicted octanol–water partition coefficient (Wildman–Crippen LogP) is 3.52. The fourth-order valence-corrected chi connectivity index (χ4v) is 1.77. The van der Waals surface area contributed by atoms with E-state index in [0.29, 0.717) is 5.39 Å². The molecule has 0 saturated carbocycles.